The highest BCUT2D eigenvalue weighted by molar-refractivity contribution is 7.86. The summed E-state index contributed by atoms with van der Waals surface area (Å²) < 4.78 is 68.4. The molecule has 0 atom stereocenters. The van der Waals surface area contributed by atoms with Gasteiger partial charge >= 0.3 is 0 Å². The van der Waals surface area contributed by atoms with E-state index in [9.17, 15) is 31.6 Å². The van der Waals surface area contributed by atoms with Crippen LogP contribution in [0, 0.1) is 0 Å². The summed E-state index contributed by atoms with van der Waals surface area (Å²) in [6, 6.07) is 2.32. The zero-order valence-corrected chi connectivity index (χ0v) is 13.2. The van der Waals surface area contributed by atoms with E-state index in [2.05, 4.69) is 0 Å². The first-order valence-corrected chi connectivity index (χ1v) is 8.95. The van der Waals surface area contributed by atoms with E-state index in [1.807, 2.05) is 0 Å². The first kappa shape index (κ1) is 17.3. The van der Waals surface area contributed by atoms with Crippen LogP contribution in [0.15, 0.2) is 28.0 Å². The van der Waals surface area contributed by atoms with Crippen LogP contribution >= 0.6 is 0 Å². The first-order valence-electron chi connectivity index (χ1n) is 6.07. The fourth-order valence-corrected chi connectivity index (χ4v) is 3.26. The molecule has 0 unspecified atom stereocenters. The molecule has 11 heteroatoms. The fraction of sp³-hybridized carbons (Fsp3) is 0.167. The Morgan fingerprint density at radius 3 is 2.09 bits per heavy atom. The topological polar surface area (TPSA) is 158 Å². The maximum Gasteiger partial charge on any atom is 0.298 e. The van der Waals surface area contributed by atoms with Gasteiger partial charge in [-0.25, -0.2) is 0 Å². The lowest BCUT2D eigenvalue weighted by Gasteiger charge is -2.14. The van der Waals surface area contributed by atoms with Crippen molar-refractivity contribution in [3.8, 4) is 17.2 Å². The van der Waals surface area contributed by atoms with Gasteiger partial charge < -0.3 is 14.9 Å². The predicted molar refractivity (Wildman–Crippen MR) is 78.1 cm³/mol. The average Bonchev–Trinajstić information content (AvgIpc) is 2.38. The molecular weight excluding hydrogens is 352 g/mol. The summed E-state index contributed by atoms with van der Waals surface area (Å²) in [6.45, 7) is 1.45. The molecule has 0 radical (unpaired) electrons. The van der Waals surface area contributed by atoms with E-state index in [1.54, 1.807) is 0 Å². The number of benzene rings is 2. The van der Waals surface area contributed by atoms with Crippen molar-refractivity contribution in [2.24, 2.45) is 0 Å². The number of phenols is 2. The number of ether oxygens (including phenoxy) is 1. The third kappa shape index (κ3) is 3.17. The lowest BCUT2D eigenvalue weighted by Crippen LogP contribution is -2.05. The molecule has 0 saturated carbocycles. The van der Waals surface area contributed by atoms with Crippen LogP contribution in [0.4, 0.5) is 0 Å². The van der Waals surface area contributed by atoms with Gasteiger partial charge in [0.2, 0.25) is 0 Å². The van der Waals surface area contributed by atoms with Crippen LogP contribution in [-0.2, 0) is 20.2 Å². The smallest absolute Gasteiger partial charge is 0.298 e. The second-order valence-electron chi connectivity index (χ2n) is 4.48. The van der Waals surface area contributed by atoms with Crippen LogP contribution < -0.4 is 4.74 Å². The van der Waals surface area contributed by atoms with Gasteiger partial charge in [-0.2, -0.15) is 16.8 Å². The molecule has 0 aliphatic rings. The standard InChI is InChI=1S/C12H12O9S2/c1-2-21-12-9(23(18,19)20)4-6-3-7(22(15,16)17)5-8(13)10(6)11(12)14/h3-5,13-14H,2H2,1H3,(H,15,16,17)(H,18,19,20). The number of rotatable bonds is 4. The Kier molecular flexibility index (Phi) is 4.15. The van der Waals surface area contributed by atoms with Crippen LogP contribution in [0.1, 0.15) is 6.92 Å². The molecule has 0 bridgehead atoms. The van der Waals surface area contributed by atoms with E-state index < -0.39 is 47.3 Å². The SMILES string of the molecule is CCOc1c(S(=O)(=O)O)cc2cc(S(=O)(=O)O)cc(O)c2c1O. The first-order chi connectivity index (χ1) is 10.5. The van der Waals surface area contributed by atoms with Crippen molar-refractivity contribution >= 4 is 31.0 Å². The van der Waals surface area contributed by atoms with Gasteiger partial charge in [0.15, 0.2) is 11.5 Å². The Morgan fingerprint density at radius 2 is 1.61 bits per heavy atom. The fourth-order valence-electron chi connectivity index (χ4n) is 2.06. The minimum atomic E-state index is -4.81. The third-order valence-electron chi connectivity index (χ3n) is 2.95. The van der Waals surface area contributed by atoms with E-state index in [1.165, 1.54) is 6.92 Å². The van der Waals surface area contributed by atoms with Crippen molar-refractivity contribution in [3.05, 3.63) is 18.2 Å². The maximum atomic E-state index is 11.4. The number of fused-ring (bicyclic) bond motifs is 1. The van der Waals surface area contributed by atoms with Gasteiger partial charge in [-0.05, 0) is 24.4 Å². The van der Waals surface area contributed by atoms with Crippen molar-refractivity contribution in [1.29, 1.82) is 0 Å². The number of phenolic OH excluding ortho intramolecular Hbond substituents is 2. The highest BCUT2D eigenvalue weighted by Crippen LogP contribution is 2.44. The Labute approximate surface area is 131 Å². The van der Waals surface area contributed by atoms with Crippen LogP contribution in [0.25, 0.3) is 10.8 Å². The molecule has 23 heavy (non-hydrogen) atoms. The molecule has 0 amide bonds. The maximum absolute atomic E-state index is 11.4. The van der Waals surface area contributed by atoms with Crippen molar-refractivity contribution < 1.29 is 40.9 Å². The molecule has 2 aromatic rings. The summed E-state index contributed by atoms with van der Waals surface area (Å²) in [6.07, 6.45) is 0. The van der Waals surface area contributed by atoms with Gasteiger partial charge in [0, 0.05) is 6.07 Å². The van der Waals surface area contributed by atoms with E-state index in [0.29, 0.717) is 6.07 Å². The Hall–Kier alpha value is -2.08. The molecule has 4 N–H and O–H groups in total. The Balaban J connectivity index is 3.01. The van der Waals surface area contributed by atoms with Gasteiger partial charge in [-0.1, -0.05) is 0 Å². The summed E-state index contributed by atoms with van der Waals surface area (Å²) in [4.78, 5) is -1.52. The molecule has 126 valence electrons. The highest BCUT2D eigenvalue weighted by Gasteiger charge is 2.25. The second kappa shape index (κ2) is 5.53. The van der Waals surface area contributed by atoms with Crippen molar-refractivity contribution in [2.75, 3.05) is 6.61 Å². The van der Waals surface area contributed by atoms with Crippen molar-refractivity contribution in [2.45, 2.75) is 16.7 Å². The minimum absolute atomic E-state index is 0.0501. The molecule has 0 aliphatic heterocycles. The molecule has 0 heterocycles. The zero-order valence-electron chi connectivity index (χ0n) is 11.6. The highest BCUT2D eigenvalue weighted by atomic mass is 32.2. The average molecular weight is 364 g/mol. The quantitative estimate of drug-likeness (QED) is 0.583. The van der Waals surface area contributed by atoms with Crippen molar-refractivity contribution in [1.82, 2.24) is 0 Å². The Bertz CT molecular complexity index is 991. The molecule has 0 fully saturated rings. The molecular formula is C12H12O9S2. The monoisotopic (exact) mass is 364 g/mol. The van der Waals surface area contributed by atoms with Gasteiger partial charge in [0.05, 0.1) is 16.9 Å². The number of hydrogen-bond acceptors (Lipinski definition) is 7. The number of hydrogen-bond donors (Lipinski definition) is 4. The summed E-state index contributed by atoms with van der Waals surface area (Å²) in [5.41, 5.74) is 0. The zero-order chi connectivity index (χ0) is 17.6. The largest absolute Gasteiger partial charge is 0.507 e. The van der Waals surface area contributed by atoms with Crippen molar-refractivity contribution in [3.63, 3.8) is 0 Å². The summed E-state index contributed by atoms with van der Waals surface area (Å²) >= 11 is 0. The molecule has 9 nitrogen and oxygen atoms in total. The summed E-state index contributed by atoms with van der Waals surface area (Å²) in [7, 11) is -9.49. The van der Waals surface area contributed by atoms with E-state index in [-0.39, 0.29) is 17.4 Å². The van der Waals surface area contributed by atoms with E-state index >= 15 is 0 Å². The van der Waals surface area contributed by atoms with Gasteiger partial charge in [0.1, 0.15) is 10.6 Å². The van der Waals surface area contributed by atoms with E-state index in [0.717, 1.165) is 12.1 Å². The molecule has 0 aliphatic carbocycles. The molecule has 0 spiro atoms. The van der Waals surface area contributed by atoms with Crippen LogP contribution in [0.2, 0.25) is 0 Å². The van der Waals surface area contributed by atoms with Crippen LogP contribution in [-0.4, -0.2) is 42.8 Å². The lowest BCUT2D eigenvalue weighted by molar-refractivity contribution is 0.309. The molecule has 2 aromatic carbocycles. The molecule has 0 aromatic heterocycles. The minimum Gasteiger partial charge on any atom is -0.507 e. The molecule has 2 rings (SSSR count). The predicted octanol–water partition coefficient (Wildman–Crippen LogP) is 1.14. The van der Waals surface area contributed by atoms with Gasteiger partial charge in [0.25, 0.3) is 20.2 Å². The normalized spacial score (nSPS) is 12.5. The van der Waals surface area contributed by atoms with Crippen LogP contribution in [0.5, 0.6) is 17.2 Å². The lowest BCUT2D eigenvalue weighted by atomic mass is 10.1. The second-order valence-corrected chi connectivity index (χ2v) is 7.29. The summed E-state index contributed by atoms with van der Waals surface area (Å²) in [5, 5.41) is 19.5. The van der Waals surface area contributed by atoms with E-state index in [4.69, 9.17) is 9.29 Å². The van der Waals surface area contributed by atoms with Gasteiger partial charge in [-0.3, -0.25) is 9.11 Å². The van der Waals surface area contributed by atoms with Crippen LogP contribution in [0.3, 0.4) is 0 Å². The van der Waals surface area contributed by atoms with Gasteiger partial charge in [-0.15, -0.1) is 0 Å². The third-order valence-corrected chi connectivity index (χ3v) is 4.64. The molecule has 0 saturated heterocycles. The summed E-state index contributed by atoms with van der Waals surface area (Å²) in [5.74, 6) is -2.11. The Morgan fingerprint density at radius 1 is 1.00 bits per heavy atom. The number of aromatic hydroxyl groups is 2.